The van der Waals surface area contributed by atoms with Crippen molar-refractivity contribution in [2.75, 3.05) is 31.2 Å². The minimum absolute atomic E-state index is 0.626. The minimum atomic E-state index is 0.626. The number of piperidine rings is 1. The average molecular weight is 270 g/mol. The van der Waals surface area contributed by atoms with Gasteiger partial charge in [-0.25, -0.2) is 0 Å². The van der Waals surface area contributed by atoms with E-state index in [0.29, 0.717) is 6.04 Å². The van der Waals surface area contributed by atoms with Gasteiger partial charge in [-0.15, -0.1) is 0 Å². The smallest absolute Gasteiger partial charge is 0.0743 e. The molecule has 0 amide bonds. The molecule has 4 nitrogen and oxygen atoms in total. The van der Waals surface area contributed by atoms with Crippen molar-refractivity contribution in [1.29, 1.82) is 0 Å². The van der Waals surface area contributed by atoms with Crippen LogP contribution in [0.5, 0.6) is 0 Å². The molecule has 3 rings (SSSR count). The Morgan fingerprint density at radius 1 is 1.35 bits per heavy atom. The molecule has 1 fully saturated rings. The van der Waals surface area contributed by atoms with E-state index in [2.05, 4.69) is 22.2 Å². The van der Waals surface area contributed by atoms with Crippen LogP contribution in [0.2, 0.25) is 0 Å². The molecule has 2 heterocycles. The summed E-state index contributed by atoms with van der Waals surface area (Å²) in [5.74, 6) is 0. The van der Waals surface area contributed by atoms with Gasteiger partial charge in [-0.1, -0.05) is 6.42 Å². The Labute approximate surface area is 120 Å². The summed E-state index contributed by atoms with van der Waals surface area (Å²) in [4.78, 5) is 6.84. The second-order valence-corrected chi connectivity index (χ2v) is 5.65. The number of hydrogen-bond acceptors (Lipinski definition) is 4. The molecule has 1 unspecified atom stereocenters. The number of nitrogens with two attached hydrogens (primary N) is 1. The van der Waals surface area contributed by atoms with E-state index in [9.17, 15) is 0 Å². The summed E-state index contributed by atoms with van der Waals surface area (Å²) in [6, 6.07) is 8.57. The second kappa shape index (κ2) is 5.67. The number of pyridine rings is 1. The lowest BCUT2D eigenvalue weighted by molar-refractivity contribution is 0.195. The molecule has 2 aromatic rings. The molecule has 1 aromatic heterocycles. The van der Waals surface area contributed by atoms with Crippen molar-refractivity contribution < 1.29 is 0 Å². The number of fused-ring (bicyclic) bond motifs is 1. The van der Waals surface area contributed by atoms with Gasteiger partial charge >= 0.3 is 0 Å². The minimum Gasteiger partial charge on any atom is -0.399 e. The lowest BCUT2D eigenvalue weighted by Crippen LogP contribution is -2.40. The molecule has 0 bridgehead atoms. The van der Waals surface area contributed by atoms with E-state index in [4.69, 9.17) is 5.73 Å². The number of anilines is 2. The van der Waals surface area contributed by atoms with Gasteiger partial charge in [-0.2, -0.15) is 0 Å². The monoisotopic (exact) mass is 270 g/mol. The van der Waals surface area contributed by atoms with Crippen LogP contribution in [0.1, 0.15) is 19.3 Å². The fraction of sp³-hybridized carbons (Fsp3) is 0.438. The predicted molar refractivity (Wildman–Crippen MR) is 84.9 cm³/mol. The van der Waals surface area contributed by atoms with Crippen LogP contribution in [-0.4, -0.2) is 36.1 Å². The molecule has 106 valence electrons. The van der Waals surface area contributed by atoms with Crippen LogP contribution >= 0.6 is 0 Å². The molecule has 1 aliphatic heterocycles. The molecule has 1 saturated heterocycles. The van der Waals surface area contributed by atoms with Crippen LogP contribution in [0, 0.1) is 0 Å². The molecule has 3 N–H and O–H groups in total. The first-order chi connectivity index (χ1) is 9.74. The molecule has 0 radical (unpaired) electrons. The van der Waals surface area contributed by atoms with Crippen LogP contribution in [0.3, 0.4) is 0 Å². The van der Waals surface area contributed by atoms with Gasteiger partial charge in [0.1, 0.15) is 0 Å². The Hall–Kier alpha value is -1.81. The normalized spacial score (nSPS) is 20.1. The molecular formula is C16H22N4. The van der Waals surface area contributed by atoms with Crippen LogP contribution < -0.4 is 11.1 Å². The van der Waals surface area contributed by atoms with Crippen molar-refractivity contribution in [3.63, 3.8) is 0 Å². The number of hydrogen-bond donors (Lipinski definition) is 2. The highest BCUT2D eigenvalue weighted by atomic mass is 15.2. The van der Waals surface area contributed by atoms with Crippen LogP contribution in [0.25, 0.3) is 10.9 Å². The summed E-state index contributed by atoms with van der Waals surface area (Å²) < 4.78 is 0. The third-order valence-electron chi connectivity index (χ3n) is 4.22. The van der Waals surface area contributed by atoms with Gasteiger partial charge < -0.3 is 16.0 Å². The SMILES string of the molecule is CN1CCCCC1CNc1ccnc2cc(N)ccc12. The first kappa shape index (κ1) is 13.2. The van der Waals surface area contributed by atoms with E-state index in [1.165, 1.54) is 25.8 Å². The summed E-state index contributed by atoms with van der Waals surface area (Å²) in [6.45, 7) is 2.19. The van der Waals surface area contributed by atoms with E-state index in [1.54, 1.807) is 0 Å². The summed E-state index contributed by atoms with van der Waals surface area (Å²) in [5.41, 5.74) is 8.67. The quantitative estimate of drug-likeness (QED) is 0.842. The van der Waals surface area contributed by atoms with E-state index in [-0.39, 0.29) is 0 Å². The van der Waals surface area contributed by atoms with Gasteiger partial charge in [0, 0.05) is 35.5 Å². The summed E-state index contributed by atoms with van der Waals surface area (Å²) >= 11 is 0. The molecule has 0 saturated carbocycles. The van der Waals surface area contributed by atoms with Gasteiger partial charge in [-0.3, -0.25) is 4.98 Å². The van der Waals surface area contributed by atoms with Crippen molar-refractivity contribution in [2.24, 2.45) is 0 Å². The molecule has 1 aromatic carbocycles. The number of rotatable bonds is 3. The van der Waals surface area contributed by atoms with E-state index in [0.717, 1.165) is 28.8 Å². The van der Waals surface area contributed by atoms with Crippen molar-refractivity contribution >= 4 is 22.3 Å². The van der Waals surface area contributed by atoms with E-state index in [1.807, 2.05) is 30.5 Å². The number of nitrogens with zero attached hydrogens (tertiary/aromatic N) is 2. The van der Waals surface area contributed by atoms with Crippen molar-refractivity contribution in [1.82, 2.24) is 9.88 Å². The van der Waals surface area contributed by atoms with Gasteiger partial charge in [-0.05, 0) is 50.7 Å². The number of aromatic nitrogens is 1. The molecule has 1 aliphatic rings. The van der Waals surface area contributed by atoms with Crippen LogP contribution in [-0.2, 0) is 0 Å². The third-order valence-corrected chi connectivity index (χ3v) is 4.22. The van der Waals surface area contributed by atoms with Crippen LogP contribution in [0.15, 0.2) is 30.5 Å². The van der Waals surface area contributed by atoms with E-state index < -0.39 is 0 Å². The number of benzene rings is 1. The maximum absolute atomic E-state index is 5.82. The van der Waals surface area contributed by atoms with Crippen molar-refractivity contribution in [3.8, 4) is 0 Å². The summed E-state index contributed by atoms with van der Waals surface area (Å²) in [7, 11) is 2.22. The number of likely N-dealkylation sites (N-methyl/N-ethyl adjacent to an activating group) is 1. The van der Waals surface area contributed by atoms with Gasteiger partial charge in [0.2, 0.25) is 0 Å². The maximum Gasteiger partial charge on any atom is 0.0743 e. The van der Waals surface area contributed by atoms with Gasteiger partial charge in [0.05, 0.1) is 5.52 Å². The van der Waals surface area contributed by atoms with Gasteiger partial charge in [0.25, 0.3) is 0 Å². The maximum atomic E-state index is 5.82. The molecule has 20 heavy (non-hydrogen) atoms. The molecule has 1 atom stereocenters. The Balaban J connectivity index is 1.77. The zero-order valence-electron chi connectivity index (χ0n) is 12.0. The Morgan fingerprint density at radius 2 is 2.25 bits per heavy atom. The first-order valence-corrected chi connectivity index (χ1v) is 7.32. The first-order valence-electron chi connectivity index (χ1n) is 7.32. The molecular weight excluding hydrogens is 248 g/mol. The molecule has 4 heteroatoms. The number of likely N-dealkylation sites (tertiary alicyclic amines) is 1. The zero-order chi connectivity index (χ0) is 13.9. The highest BCUT2D eigenvalue weighted by Crippen LogP contribution is 2.24. The second-order valence-electron chi connectivity index (χ2n) is 5.65. The number of nitrogen functional groups attached to an aromatic ring is 1. The fourth-order valence-electron chi connectivity index (χ4n) is 2.95. The van der Waals surface area contributed by atoms with Crippen molar-refractivity contribution in [2.45, 2.75) is 25.3 Å². The largest absolute Gasteiger partial charge is 0.399 e. The van der Waals surface area contributed by atoms with Gasteiger partial charge in [0.15, 0.2) is 0 Å². The zero-order valence-corrected chi connectivity index (χ0v) is 12.0. The van der Waals surface area contributed by atoms with Crippen LogP contribution in [0.4, 0.5) is 11.4 Å². The highest BCUT2D eigenvalue weighted by Gasteiger charge is 2.18. The number of nitrogens with one attached hydrogen (secondary N) is 1. The predicted octanol–water partition coefficient (Wildman–Crippen LogP) is 2.71. The Bertz CT molecular complexity index is 596. The highest BCUT2D eigenvalue weighted by molar-refractivity contribution is 5.92. The summed E-state index contributed by atoms with van der Waals surface area (Å²) in [5, 5.41) is 4.72. The van der Waals surface area contributed by atoms with Crippen molar-refractivity contribution in [3.05, 3.63) is 30.5 Å². The molecule has 0 spiro atoms. The topological polar surface area (TPSA) is 54.2 Å². The Morgan fingerprint density at radius 3 is 3.10 bits per heavy atom. The fourth-order valence-corrected chi connectivity index (χ4v) is 2.95. The summed E-state index contributed by atoms with van der Waals surface area (Å²) in [6.07, 6.45) is 5.78. The lowest BCUT2D eigenvalue weighted by atomic mass is 10.0. The lowest BCUT2D eigenvalue weighted by Gasteiger charge is -2.32. The molecule has 0 aliphatic carbocycles. The average Bonchev–Trinajstić information content (AvgIpc) is 2.46. The Kier molecular flexibility index (Phi) is 3.74. The van der Waals surface area contributed by atoms with E-state index >= 15 is 0 Å². The third kappa shape index (κ3) is 2.70. The standard InChI is InChI=1S/C16H22N4/c1-20-9-3-2-4-13(20)11-19-15-7-8-18-16-10-12(17)5-6-14(15)16/h5-8,10,13H,2-4,9,11,17H2,1H3,(H,18,19).